The topological polar surface area (TPSA) is 61.9 Å². The number of hydrogen-bond acceptors (Lipinski definition) is 5. The molecule has 3 aliphatic rings. The van der Waals surface area contributed by atoms with Gasteiger partial charge < -0.3 is 15.0 Å². The number of ether oxygens (including phenoxy) is 1. The highest BCUT2D eigenvalue weighted by Crippen LogP contribution is 2.44. The van der Waals surface area contributed by atoms with Crippen molar-refractivity contribution in [1.29, 1.82) is 0 Å². The lowest BCUT2D eigenvalue weighted by Gasteiger charge is -2.43. The minimum Gasteiger partial charge on any atom is -0.497 e. The quantitative estimate of drug-likeness (QED) is 0.401. The number of benzene rings is 3. The van der Waals surface area contributed by atoms with Crippen LogP contribution in [-0.4, -0.2) is 67.4 Å². The van der Waals surface area contributed by atoms with Crippen LogP contribution in [0, 0.1) is 17.2 Å². The standard InChI is InChI=1S/C34H38FN3O3/c1-41-26-13-11-24(12-14-26)23-38-20-17-34(33(38)40)15-18-37(19-16-34)31(32(39)27-9-5-6-10-30(27)35)29-22-36-21-28(29)25-7-3-2-4-8-25/h2-14,28-29,31,36H,15-23H2,1H3/t28-,29-,31?/m1/s1. The molecule has 3 atom stereocenters. The fourth-order valence-corrected chi connectivity index (χ4v) is 7.24. The Morgan fingerprint density at radius 2 is 1.63 bits per heavy atom. The molecule has 0 bridgehead atoms. The van der Waals surface area contributed by atoms with Crippen molar-refractivity contribution in [2.24, 2.45) is 11.3 Å². The van der Waals surface area contributed by atoms with Crippen molar-refractivity contribution in [3.8, 4) is 5.75 Å². The highest BCUT2D eigenvalue weighted by atomic mass is 19.1. The zero-order valence-electron chi connectivity index (χ0n) is 23.6. The molecule has 7 heteroatoms. The van der Waals surface area contributed by atoms with Crippen LogP contribution in [0.25, 0.3) is 0 Å². The molecule has 3 aromatic rings. The number of amides is 1. The summed E-state index contributed by atoms with van der Waals surface area (Å²) in [5.74, 6) is 0.544. The second-order valence-corrected chi connectivity index (χ2v) is 11.8. The van der Waals surface area contributed by atoms with Gasteiger partial charge >= 0.3 is 0 Å². The number of likely N-dealkylation sites (tertiary alicyclic amines) is 2. The van der Waals surface area contributed by atoms with E-state index < -0.39 is 11.9 Å². The third-order valence-electron chi connectivity index (χ3n) is 9.58. The summed E-state index contributed by atoms with van der Waals surface area (Å²) in [6, 6.07) is 24.1. The number of halogens is 1. The van der Waals surface area contributed by atoms with E-state index in [1.807, 2.05) is 47.4 Å². The van der Waals surface area contributed by atoms with Crippen LogP contribution in [0.15, 0.2) is 78.9 Å². The summed E-state index contributed by atoms with van der Waals surface area (Å²) in [7, 11) is 1.65. The lowest BCUT2D eigenvalue weighted by atomic mass is 9.74. The molecule has 3 aliphatic heterocycles. The first-order chi connectivity index (χ1) is 20.0. The van der Waals surface area contributed by atoms with Gasteiger partial charge in [0.05, 0.1) is 24.1 Å². The van der Waals surface area contributed by atoms with E-state index >= 15 is 0 Å². The molecule has 3 saturated heterocycles. The first-order valence-electron chi connectivity index (χ1n) is 14.7. The lowest BCUT2D eigenvalue weighted by Crippen LogP contribution is -2.54. The molecule has 1 spiro atoms. The van der Waals surface area contributed by atoms with Gasteiger partial charge in [-0.1, -0.05) is 54.6 Å². The van der Waals surface area contributed by atoms with E-state index in [1.54, 1.807) is 25.3 Å². The Labute approximate surface area is 241 Å². The molecule has 41 heavy (non-hydrogen) atoms. The molecule has 0 radical (unpaired) electrons. The summed E-state index contributed by atoms with van der Waals surface area (Å²) in [6.45, 7) is 4.10. The minimum absolute atomic E-state index is 0.00408. The van der Waals surface area contributed by atoms with E-state index in [1.165, 1.54) is 11.6 Å². The predicted octanol–water partition coefficient (Wildman–Crippen LogP) is 4.90. The predicted molar refractivity (Wildman–Crippen MR) is 156 cm³/mol. The molecule has 1 N–H and O–H groups in total. The maximum absolute atomic E-state index is 14.9. The van der Waals surface area contributed by atoms with Gasteiger partial charge in [-0.25, -0.2) is 4.39 Å². The van der Waals surface area contributed by atoms with Crippen molar-refractivity contribution in [2.45, 2.75) is 37.8 Å². The van der Waals surface area contributed by atoms with E-state index in [0.717, 1.165) is 30.8 Å². The third-order valence-corrected chi connectivity index (χ3v) is 9.58. The minimum atomic E-state index is -0.474. The Morgan fingerprint density at radius 1 is 0.951 bits per heavy atom. The van der Waals surface area contributed by atoms with Crippen molar-refractivity contribution in [1.82, 2.24) is 15.1 Å². The van der Waals surface area contributed by atoms with Crippen LogP contribution in [0.4, 0.5) is 4.39 Å². The van der Waals surface area contributed by atoms with E-state index in [9.17, 15) is 14.0 Å². The van der Waals surface area contributed by atoms with Crippen molar-refractivity contribution in [3.05, 3.63) is 101 Å². The maximum Gasteiger partial charge on any atom is 0.229 e. The van der Waals surface area contributed by atoms with Crippen LogP contribution >= 0.6 is 0 Å². The van der Waals surface area contributed by atoms with Gasteiger partial charge in [0.2, 0.25) is 5.91 Å². The van der Waals surface area contributed by atoms with Crippen molar-refractivity contribution >= 4 is 11.7 Å². The number of methoxy groups -OCH3 is 1. The van der Waals surface area contributed by atoms with Gasteiger partial charge in [-0.05, 0) is 67.7 Å². The molecule has 214 valence electrons. The Bertz CT molecular complexity index is 1370. The summed E-state index contributed by atoms with van der Waals surface area (Å²) in [5, 5.41) is 3.51. The Balaban J connectivity index is 1.21. The summed E-state index contributed by atoms with van der Waals surface area (Å²) in [4.78, 5) is 32.1. The molecule has 3 fully saturated rings. The van der Waals surface area contributed by atoms with E-state index in [-0.39, 0.29) is 34.5 Å². The first-order valence-corrected chi connectivity index (χ1v) is 14.7. The number of rotatable bonds is 8. The fourth-order valence-electron chi connectivity index (χ4n) is 7.24. The van der Waals surface area contributed by atoms with Crippen LogP contribution in [0.5, 0.6) is 5.75 Å². The highest BCUT2D eigenvalue weighted by molar-refractivity contribution is 6.00. The molecule has 1 amide bonds. The van der Waals surface area contributed by atoms with E-state index in [2.05, 4.69) is 22.3 Å². The lowest BCUT2D eigenvalue weighted by molar-refractivity contribution is -0.139. The zero-order valence-corrected chi connectivity index (χ0v) is 23.6. The molecule has 0 aromatic heterocycles. The maximum atomic E-state index is 14.9. The van der Waals surface area contributed by atoms with Gasteiger partial charge in [0.1, 0.15) is 11.6 Å². The number of carbonyl (C=O) groups is 2. The third kappa shape index (κ3) is 5.41. The highest BCUT2D eigenvalue weighted by Gasteiger charge is 2.51. The van der Waals surface area contributed by atoms with Crippen LogP contribution in [0.1, 0.15) is 46.7 Å². The number of piperidine rings is 1. The Hall–Kier alpha value is -3.55. The molecule has 3 heterocycles. The molecule has 3 aromatic carbocycles. The number of hydrogen-bond donors (Lipinski definition) is 1. The number of carbonyl (C=O) groups excluding carboxylic acids is 2. The average Bonchev–Trinajstić information content (AvgIpc) is 3.61. The van der Waals surface area contributed by atoms with Crippen LogP contribution < -0.4 is 10.1 Å². The zero-order chi connectivity index (χ0) is 28.4. The van der Waals surface area contributed by atoms with Crippen molar-refractivity contribution in [2.75, 3.05) is 39.8 Å². The van der Waals surface area contributed by atoms with Gasteiger partial charge in [0.15, 0.2) is 5.78 Å². The van der Waals surface area contributed by atoms with Gasteiger partial charge in [-0.15, -0.1) is 0 Å². The van der Waals surface area contributed by atoms with Crippen molar-refractivity contribution < 1.29 is 18.7 Å². The Morgan fingerprint density at radius 3 is 2.34 bits per heavy atom. The fraction of sp³-hybridized carbons (Fsp3) is 0.412. The molecular formula is C34H38FN3O3. The van der Waals surface area contributed by atoms with Gasteiger partial charge in [0.25, 0.3) is 0 Å². The second kappa shape index (κ2) is 11.7. The summed E-state index contributed by atoms with van der Waals surface area (Å²) in [5.41, 5.74) is 2.05. The number of ketones is 1. The van der Waals surface area contributed by atoms with Gasteiger partial charge in [0, 0.05) is 38.0 Å². The van der Waals surface area contributed by atoms with Crippen molar-refractivity contribution in [3.63, 3.8) is 0 Å². The van der Waals surface area contributed by atoms with E-state index in [0.29, 0.717) is 39.0 Å². The summed E-state index contributed by atoms with van der Waals surface area (Å²) >= 11 is 0. The number of nitrogens with one attached hydrogen (secondary N) is 1. The first kappa shape index (κ1) is 27.6. The molecule has 0 saturated carbocycles. The molecular weight excluding hydrogens is 517 g/mol. The van der Waals surface area contributed by atoms with E-state index in [4.69, 9.17) is 4.74 Å². The largest absolute Gasteiger partial charge is 0.497 e. The molecule has 6 nitrogen and oxygen atoms in total. The monoisotopic (exact) mass is 555 g/mol. The van der Waals surface area contributed by atoms with Gasteiger partial charge in [-0.3, -0.25) is 14.5 Å². The second-order valence-electron chi connectivity index (χ2n) is 11.8. The summed E-state index contributed by atoms with van der Waals surface area (Å²) < 4.78 is 20.2. The summed E-state index contributed by atoms with van der Waals surface area (Å²) in [6.07, 6.45) is 2.25. The Kier molecular flexibility index (Phi) is 7.91. The molecule has 0 aliphatic carbocycles. The van der Waals surface area contributed by atoms with Crippen LogP contribution in [-0.2, 0) is 11.3 Å². The number of nitrogens with zero attached hydrogens (tertiary/aromatic N) is 2. The SMILES string of the molecule is COc1ccc(CN2CCC3(CCN(C(C(=O)c4ccccc4F)[C@@H]4CNC[C@@H]4c4ccccc4)CC3)C2=O)cc1. The number of Topliss-reactive ketones (excluding diaryl/α,β-unsaturated/α-hetero) is 1. The molecule has 1 unspecified atom stereocenters. The smallest absolute Gasteiger partial charge is 0.229 e. The average molecular weight is 556 g/mol. The normalized spacial score (nSPS) is 23.2. The van der Waals surface area contributed by atoms with Crippen LogP contribution in [0.2, 0.25) is 0 Å². The van der Waals surface area contributed by atoms with Crippen LogP contribution in [0.3, 0.4) is 0 Å². The van der Waals surface area contributed by atoms with Gasteiger partial charge in [-0.2, -0.15) is 0 Å². The molecule has 6 rings (SSSR count).